The second-order valence-corrected chi connectivity index (χ2v) is 6.88. The third-order valence-electron chi connectivity index (χ3n) is 5.06. The van der Waals surface area contributed by atoms with Crippen LogP contribution in [-0.4, -0.2) is 34.2 Å². The summed E-state index contributed by atoms with van der Waals surface area (Å²) in [6.07, 6.45) is 2.59. The molecule has 1 aliphatic rings. The van der Waals surface area contributed by atoms with Crippen LogP contribution in [0.2, 0.25) is 0 Å². The Morgan fingerprint density at radius 2 is 2.07 bits per heavy atom. The molecule has 3 heterocycles. The summed E-state index contributed by atoms with van der Waals surface area (Å²) in [5, 5.41) is 12.4. The van der Waals surface area contributed by atoms with Crippen molar-refractivity contribution in [3.63, 3.8) is 0 Å². The maximum Gasteiger partial charge on any atom is 0.255 e. The minimum atomic E-state index is -0.519. The Labute approximate surface area is 167 Å². The second kappa shape index (κ2) is 7.81. The van der Waals surface area contributed by atoms with Gasteiger partial charge in [0, 0.05) is 50.6 Å². The first-order valence-corrected chi connectivity index (χ1v) is 9.23. The highest BCUT2D eigenvalue weighted by atomic mass is 19.1. The summed E-state index contributed by atoms with van der Waals surface area (Å²) < 4.78 is 15.6. The van der Waals surface area contributed by atoms with Crippen LogP contribution < -0.4 is 15.8 Å². The van der Waals surface area contributed by atoms with Gasteiger partial charge in [-0.3, -0.25) is 14.3 Å². The molecular weight excluding hydrogens is 371 g/mol. The predicted molar refractivity (Wildman–Crippen MR) is 107 cm³/mol. The van der Waals surface area contributed by atoms with Crippen LogP contribution in [0.4, 0.5) is 10.3 Å². The van der Waals surface area contributed by atoms with Gasteiger partial charge in [0.1, 0.15) is 0 Å². The topological polar surface area (TPSA) is 86.8 Å². The fourth-order valence-electron chi connectivity index (χ4n) is 3.48. The summed E-state index contributed by atoms with van der Waals surface area (Å²) in [6.45, 7) is 1.96. The molecule has 2 aromatic heterocycles. The van der Waals surface area contributed by atoms with Gasteiger partial charge >= 0.3 is 0 Å². The highest BCUT2D eigenvalue weighted by molar-refractivity contribution is 5.60. The van der Waals surface area contributed by atoms with Crippen molar-refractivity contribution in [2.24, 2.45) is 7.05 Å². The number of piperazine rings is 1. The fourth-order valence-corrected chi connectivity index (χ4v) is 3.48. The van der Waals surface area contributed by atoms with Crippen LogP contribution in [0.15, 0.2) is 53.6 Å². The average molecular weight is 390 g/mol. The number of aromatic nitrogens is 3. The molecule has 8 heteroatoms. The van der Waals surface area contributed by atoms with Crippen LogP contribution in [-0.2, 0) is 7.05 Å². The van der Waals surface area contributed by atoms with Gasteiger partial charge in [-0.1, -0.05) is 12.1 Å². The van der Waals surface area contributed by atoms with Gasteiger partial charge in [0.15, 0.2) is 5.82 Å². The number of nitriles is 1. The molecule has 1 N–H and O–H groups in total. The normalized spacial score (nSPS) is 16.4. The zero-order chi connectivity index (χ0) is 20.4. The molecule has 0 spiro atoms. The maximum absolute atomic E-state index is 14.2. The molecule has 1 atom stereocenters. The standard InChI is InChI=1S/C21H19FN6O/c1-27-20(29)10-18(16-6-7-24-12-17(16)22)26-21(27)28-9-8-25-19(13-28)15-4-2-14(11-23)3-5-15/h2-7,10,12,19,25H,8-9,13H2,1H3/t19-/m1/s1. The molecular formula is C21H19FN6O. The van der Waals surface area contributed by atoms with Crippen molar-refractivity contribution >= 4 is 5.95 Å². The summed E-state index contributed by atoms with van der Waals surface area (Å²) in [6, 6.07) is 12.4. The Balaban J connectivity index is 1.67. The van der Waals surface area contributed by atoms with E-state index in [0.29, 0.717) is 31.1 Å². The molecule has 1 aliphatic heterocycles. The van der Waals surface area contributed by atoms with E-state index < -0.39 is 5.82 Å². The van der Waals surface area contributed by atoms with Crippen LogP contribution in [0.25, 0.3) is 11.3 Å². The third kappa shape index (κ3) is 3.73. The van der Waals surface area contributed by atoms with Crippen molar-refractivity contribution in [1.82, 2.24) is 19.9 Å². The van der Waals surface area contributed by atoms with Gasteiger partial charge in [0.25, 0.3) is 5.56 Å². The first-order valence-electron chi connectivity index (χ1n) is 9.23. The summed E-state index contributed by atoms with van der Waals surface area (Å²) in [4.78, 5) is 22.9. The minimum absolute atomic E-state index is 0.0229. The maximum atomic E-state index is 14.2. The molecule has 0 aliphatic carbocycles. The SMILES string of the molecule is Cn1c(N2CCN[C@@H](c3ccc(C#N)cc3)C2)nc(-c2ccncc2F)cc1=O. The van der Waals surface area contributed by atoms with Crippen LogP contribution in [0.5, 0.6) is 0 Å². The van der Waals surface area contributed by atoms with Gasteiger partial charge in [0.2, 0.25) is 5.95 Å². The number of benzene rings is 1. The molecule has 0 amide bonds. The van der Waals surface area contributed by atoms with E-state index in [4.69, 9.17) is 5.26 Å². The zero-order valence-corrected chi connectivity index (χ0v) is 15.8. The molecule has 3 aromatic rings. The number of rotatable bonds is 3. The number of nitrogens with zero attached hydrogens (tertiary/aromatic N) is 5. The van der Waals surface area contributed by atoms with Crippen LogP contribution >= 0.6 is 0 Å². The third-order valence-corrected chi connectivity index (χ3v) is 5.06. The highest BCUT2D eigenvalue weighted by Gasteiger charge is 2.24. The zero-order valence-electron chi connectivity index (χ0n) is 15.8. The minimum Gasteiger partial charge on any atom is -0.339 e. The number of pyridine rings is 1. The van der Waals surface area contributed by atoms with E-state index in [1.165, 1.54) is 22.9 Å². The van der Waals surface area contributed by atoms with E-state index in [1.807, 2.05) is 17.0 Å². The van der Waals surface area contributed by atoms with Crippen molar-refractivity contribution in [1.29, 1.82) is 5.26 Å². The van der Waals surface area contributed by atoms with Gasteiger partial charge in [-0.2, -0.15) is 5.26 Å². The molecule has 146 valence electrons. The van der Waals surface area contributed by atoms with Crippen LogP contribution in [0.1, 0.15) is 17.2 Å². The van der Waals surface area contributed by atoms with Crippen molar-refractivity contribution < 1.29 is 4.39 Å². The van der Waals surface area contributed by atoms with E-state index in [0.717, 1.165) is 11.8 Å². The Hall–Kier alpha value is -3.57. The Kier molecular flexibility index (Phi) is 5.06. The van der Waals surface area contributed by atoms with Crippen LogP contribution in [0, 0.1) is 17.1 Å². The van der Waals surface area contributed by atoms with Crippen LogP contribution in [0.3, 0.4) is 0 Å². The lowest BCUT2D eigenvalue weighted by Gasteiger charge is -2.35. The van der Waals surface area contributed by atoms with Gasteiger partial charge in [-0.15, -0.1) is 0 Å². The number of nitrogens with one attached hydrogen (secondary N) is 1. The lowest BCUT2D eigenvalue weighted by Crippen LogP contribution is -2.47. The van der Waals surface area contributed by atoms with Gasteiger partial charge in [0.05, 0.1) is 23.5 Å². The number of hydrogen-bond donors (Lipinski definition) is 1. The highest BCUT2D eigenvalue weighted by Crippen LogP contribution is 2.24. The van der Waals surface area contributed by atoms with E-state index in [-0.39, 0.29) is 22.9 Å². The van der Waals surface area contributed by atoms with E-state index in [9.17, 15) is 9.18 Å². The molecule has 0 radical (unpaired) electrons. The quantitative estimate of drug-likeness (QED) is 0.736. The lowest BCUT2D eigenvalue weighted by atomic mass is 10.0. The predicted octanol–water partition coefficient (Wildman–Crippen LogP) is 2.00. The monoisotopic (exact) mass is 390 g/mol. The first-order chi connectivity index (χ1) is 14.1. The summed E-state index contributed by atoms with van der Waals surface area (Å²) >= 11 is 0. The molecule has 1 fully saturated rings. The number of hydrogen-bond acceptors (Lipinski definition) is 6. The lowest BCUT2D eigenvalue weighted by molar-refractivity contribution is 0.462. The molecule has 7 nitrogen and oxygen atoms in total. The average Bonchev–Trinajstić information content (AvgIpc) is 2.76. The van der Waals surface area contributed by atoms with Gasteiger partial charge < -0.3 is 10.2 Å². The first kappa shape index (κ1) is 18.8. The van der Waals surface area contributed by atoms with E-state index >= 15 is 0 Å². The number of anilines is 1. The smallest absolute Gasteiger partial charge is 0.255 e. The van der Waals surface area contributed by atoms with E-state index in [2.05, 4.69) is 21.4 Å². The summed E-state index contributed by atoms with van der Waals surface area (Å²) in [7, 11) is 1.66. The molecule has 29 heavy (non-hydrogen) atoms. The van der Waals surface area contributed by atoms with E-state index in [1.54, 1.807) is 19.2 Å². The number of halogens is 1. The molecule has 0 saturated carbocycles. The Bertz CT molecular complexity index is 1140. The Morgan fingerprint density at radius 3 is 2.79 bits per heavy atom. The molecule has 4 rings (SSSR count). The fraction of sp³-hybridized carbons (Fsp3) is 0.238. The van der Waals surface area contributed by atoms with Crippen molar-refractivity contribution in [2.75, 3.05) is 24.5 Å². The van der Waals surface area contributed by atoms with Crippen molar-refractivity contribution in [2.45, 2.75) is 6.04 Å². The second-order valence-electron chi connectivity index (χ2n) is 6.88. The molecule has 1 aromatic carbocycles. The summed E-state index contributed by atoms with van der Waals surface area (Å²) in [5.74, 6) is -0.0289. The van der Waals surface area contributed by atoms with Crippen molar-refractivity contribution in [3.8, 4) is 17.3 Å². The van der Waals surface area contributed by atoms with Gasteiger partial charge in [-0.25, -0.2) is 9.37 Å². The summed E-state index contributed by atoms with van der Waals surface area (Å²) in [5.41, 5.74) is 1.94. The molecule has 0 unspecified atom stereocenters. The molecule has 0 bridgehead atoms. The molecule has 1 saturated heterocycles. The Morgan fingerprint density at radius 1 is 1.28 bits per heavy atom. The van der Waals surface area contributed by atoms with Gasteiger partial charge in [-0.05, 0) is 23.8 Å². The van der Waals surface area contributed by atoms with Crippen molar-refractivity contribution in [3.05, 3.63) is 76.1 Å². The largest absolute Gasteiger partial charge is 0.339 e.